The topological polar surface area (TPSA) is 71.7 Å². The Morgan fingerprint density at radius 3 is 2.77 bits per heavy atom. The molecule has 0 N–H and O–H groups in total. The predicted octanol–water partition coefficient (Wildman–Crippen LogP) is 4.23. The van der Waals surface area contributed by atoms with E-state index in [1.54, 1.807) is 22.8 Å². The summed E-state index contributed by atoms with van der Waals surface area (Å²) in [5.41, 5.74) is 0.848. The number of hydrogen-bond donors (Lipinski definition) is 0. The second-order valence-electron chi connectivity index (χ2n) is 7.00. The monoisotopic (exact) mass is 513 g/mol. The van der Waals surface area contributed by atoms with E-state index in [0.717, 1.165) is 21.6 Å². The zero-order chi connectivity index (χ0) is 22.2. The number of piperidine rings is 1. The van der Waals surface area contributed by atoms with Gasteiger partial charge >= 0.3 is 0 Å². The molecular formula is C20H17Cl2N3O3S3. The van der Waals surface area contributed by atoms with E-state index >= 15 is 0 Å². The van der Waals surface area contributed by atoms with Gasteiger partial charge in [-0.15, -0.1) is 17.8 Å². The summed E-state index contributed by atoms with van der Waals surface area (Å²) in [6, 6.07) is 8.45. The maximum atomic E-state index is 13.0. The predicted molar refractivity (Wildman–Crippen MR) is 125 cm³/mol. The van der Waals surface area contributed by atoms with E-state index in [1.807, 2.05) is 6.07 Å². The van der Waals surface area contributed by atoms with Gasteiger partial charge in [0.25, 0.3) is 15.9 Å². The lowest BCUT2D eigenvalue weighted by Crippen LogP contribution is -2.42. The molecule has 2 aromatic heterocycles. The fourth-order valence-electron chi connectivity index (χ4n) is 3.49. The molecule has 11 heteroatoms. The van der Waals surface area contributed by atoms with E-state index in [0.29, 0.717) is 33.5 Å². The largest absolute Gasteiger partial charge is 0.305 e. The Hall–Kier alpha value is -1.67. The van der Waals surface area contributed by atoms with Crippen molar-refractivity contribution in [1.82, 2.24) is 8.87 Å². The molecule has 3 aromatic rings. The van der Waals surface area contributed by atoms with Gasteiger partial charge in [-0.1, -0.05) is 40.5 Å². The first-order chi connectivity index (χ1) is 14.8. The lowest BCUT2D eigenvalue weighted by Gasteiger charge is -2.29. The van der Waals surface area contributed by atoms with Crippen molar-refractivity contribution in [3.05, 3.63) is 44.5 Å². The number of terminal acetylenes is 1. The van der Waals surface area contributed by atoms with Gasteiger partial charge in [0.2, 0.25) is 0 Å². The van der Waals surface area contributed by atoms with Gasteiger partial charge < -0.3 is 4.57 Å². The number of aromatic nitrogens is 1. The molecule has 1 aromatic carbocycles. The van der Waals surface area contributed by atoms with Gasteiger partial charge in [-0.05, 0) is 43.2 Å². The zero-order valence-electron chi connectivity index (χ0n) is 16.1. The highest BCUT2D eigenvalue weighted by Gasteiger charge is 2.34. The molecule has 1 aliphatic rings. The highest BCUT2D eigenvalue weighted by molar-refractivity contribution is 7.91. The number of amides is 1. The number of nitrogens with zero attached hydrogens (tertiary/aromatic N) is 3. The number of thiophene rings is 1. The van der Waals surface area contributed by atoms with Gasteiger partial charge in [-0.2, -0.15) is 9.30 Å². The molecule has 0 radical (unpaired) electrons. The number of fused-ring (bicyclic) bond motifs is 1. The minimum atomic E-state index is -3.69. The van der Waals surface area contributed by atoms with Crippen molar-refractivity contribution in [1.29, 1.82) is 0 Å². The van der Waals surface area contributed by atoms with Crippen molar-refractivity contribution in [2.75, 3.05) is 13.1 Å². The summed E-state index contributed by atoms with van der Waals surface area (Å²) in [7, 11) is -3.69. The summed E-state index contributed by atoms with van der Waals surface area (Å²) in [4.78, 5) is 17.8. The van der Waals surface area contributed by atoms with Crippen molar-refractivity contribution < 1.29 is 13.2 Å². The Labute approximate surface area is 197 Å². The molecule has 162 valence electrons. The number of carbonyl (C=O) groups is 1. The lowest BCUT2D eigenvalue weighted by atomic mass is 9.99. The Bertz CT molecular complexity index is 1370. The van der Waals surface area contributed by atoms with Crippen LogP contribution in [-0.4, -0.2) is 36.3 Å². The molecule has 0 aliphatic carbocycles. The minimum absolute atomic E-state index is 0.0893. The second-order valence-corrected chi connectivity index (χ2v) is 12.3. The lowest BCUT2D eigenvalue weighted by molar-refractivity contribution is -0.122. The molecule has 1 amide bonds. The molecule has 0 saturated carbocycles. The van der Waals surface area contributed by atoms with Crippen LogP contribution in [0.3, 0.4) is 0 Å². The Morgan fingerprint density at radius 1 is 1.26 bits per heavy atom. The summed E-state index contributed by atoms with van der Waals surface area (Å²) in [5, 5.41) is 0.585. The average molecular weight is 514 g/mol. The highest BCUT2D eigenvalue weighted by Crippen LogP contribution is 2.31. The van der Waals surface area contributed by atoms with Crippen molar-refractivity contribution >= 4 is 72.0 Å². The summed E-state index contributed by atoms with van der Waals surface area (Å²) in [5.74, 6) is 1.71. The van der Waals surface area contributed by atoms with Crippen LogP contribution in [0.4, 0.5) is 0 Å². The van der Waals surface area contributed by atoms with Crippen LogP contribution in [0, 0.1) is 18.3 Å². The maximum Gasteiger partial charge on any atom is 0.252 e. The van der Waals surface area contributed by atoms with Gasteiger partial charge in [0.1, 0.15) is 4.21 Å². The van der Waals surface area contributed by atoms with Crippen molar-refractivity contribution in [3.63, 3.8) is 0 Å². The van der Waals surface area contributed by atoms with E-state index in [1.165, 1.54) is 21.7 Å². The highest BCUT2D eigenvalue weighted by atomic mass is 35.5. The summed E-state index contributed by atoms with van der Waals surface area (Å²) in [6.07, 6.45) is 6.66. The van der Waals surface area contributed by atoms with Crippen LogP contribution < -0.4 is 4.80 Å². The number of thiazole rings is 1. The third-order valence-corrected chi connectivity index (χ3v) is 9.82. The fourth-order valence-corrected chi connectivity index (χ4v) is 7.96. The number of halogens is 2. The van der Waals surface area contributed by atoms with Crippen LogP contribution in [0.15, 0.2) is 39.5 Å². The standard InChI is InChI=1S/C20H17Cl2N3O3S3/c1-2-9-25-15-6-5-14(21)11-16(15)29-20(25)23-19(26)13-4-3-10-24(12-13)31(27,28)18-8-7-17(22)30-18/h1,5-8,11,13H,3-4,9-10,12H2. The van der Waals surface area contributed by atoms with E-state index in [-0.39, 0.29) is 23.2 Å². The Balaban J connectivity index is 1.63. The normalized spacial score (nSPS) is 18.4. The van der Waals surface area contributed by atoms with Crippen LogP contribution >= 0.6 is 45.9 Å². The Morgan fingerprint density at radius 2 is 2.06 bits per heavy atom. The first kappa shape index (κ1) is 22.5. The van der Waals surface area contributed by atoms with Crippen LogP contribution in [0.25, 0.3) is 10.2 Å². The molecule has 31 heavy (non-hydrogen) atoms. The first-order valence-electron chi connectivity index (χ1n) is 9.36. The maximum absolute atomic E-state index is 13.0. The van der Waals surface area contributed by atoms with Crippen molar-refractivity contribution in [2.45, 2.75) is 23.6 Å². The average Bonchev–Trinajstić information content (AvgIpc) is 3.32. The SMILES string of the molecule is C#CCn1c(=NC(=O)C2CCCN(S(=O)(=O)c3ccc(Cl)s3)C2)sc2cc(Cl)ccc21. The molecule has 6 nitrogen and oxygen atoms in total. The molecule has 0 bridgehead atoms. The molecule has 4 rings (SSSR count). The minimum Gasteiger partial charge on any atom is -0.305 e. The van der Waals surface area contributed by atoms with Gasteiger partial charge in [0, 0.05) is 18.1 Å². The molecule has 1 saturated heterocycles. The number of rotatable bonds is 4. The molecule has 1 aliphatic heterocycles. The third kappa shape index (κ3) is 4.60. The molecule has 0 spiro atoms. The molecular weight excluding hydrogens is 497 g/mol. The zero-order valence-corrected chi connectivity index (χ0v) is 20.1. The van der Waals surface area contributed by atoms with E-state index in [2.05, 4.69) is 10.9 Å². The van der Waals surface area contributed by atoms with Gasteiger partial charge in [-0.3, -0.25) is 4.79 Å². The third-order valence-electron chi connectivity index (χ3n) is 4.98. The molecule has 3 heterocycles. The quantitative estimate of drug-likeness (QED) is 0.490. The first-order valence-corrected chi connectivity index (χ1v) is 13.2. The fraction of sp³-hybridized carbons (Fsp3) is 0.300. The Kier molecular flexibility index (Phi) is 6.58. The molecule has 1 atom stereocenters. The van der Waals surface area contributed by atoms with Crippen LogP contribution in [0.1, 0.15) is 12.8 Å². The molecule has 1 unspecified atom stereocenters. The van der Waals surface area contributed by atoms with Gasteiger partial charge in [0.15, 0.2) is 4.80 Å². The number of carbonyl (C=O) groups excluding carboxylic acids is 1. The molecule has 1 fully saturated rings. The van der Waals surface area contributed by atoms with Crippen LogP contribution in [-0.2, 0) is 21.4 Å². The summed E-state index contributed by atoms with van der Waals surface area (Å²) in [6.45, 7) is 0.713. The number of benzene rings is 1. The van der Waals surface area contributed by atoms with Crippen LogP contribution in [0.5, 0.6) is 0 Å². The van der Waals surface area contributed by atoms with E-state index in [4.69, 9.17) is 29.6 Å². The van der Waals surface area contributed by atoms with Gasteiger partial charge in [-0.25, -0.2) is 8.42 Å². The van der Waals surface area contributed by atoms with E-state index in [9.17, 15) is 13.2 Å². The smallest absolute Gasteiger partial charge is 0.252 e. The van der Waals surface area contributed by atoms with E-state index < -0.39 is 15.9 Å². The number of hydrogen-bond acceptors (Lipinski definition) is 5. The van der Waals surface area contributed by atoms with Gasteiger partial charge in [0.05, 0.1) is 27.0 Å². The second kappa shape index (κ2) is 9.06. The number of sulfonamides is 1. The van der Waals surface area contributed by atoms with Crippen LogP contribution in [0.2, 0.25) is 9.36 Å². The summed E-state index contributed by atoms with van der Waals surface area (Å²) >= 11 is 14.3. The van der Waals surface area contributed by atoms with Crippen molar-refractivity contribution in [3.8, 4) is 12.3 Å². The van der Waals surface area contributed by atoms with Crippen molar-refractivity contribution in [2.24, 2.45) is 10.9 Å². The summed E-state index contributed by atoms with van der Waals surface area (Å²) < 4.78 is 30.4.